The molecule has 0 amide bonds. The van der Waals surface area contributed by atoms with Crippen molar-refractivity contribution in [3.8, 4) is 44.8 Å². The van der Waals surface area contributed by atoms with Crippen molar-refractivity contribution in [3.63, 3.8) is 0 Å². The minimum Gasteiger partial charge on any atom is -0.309 e. The standard InChI is InChI=1S/C61H40N2/c1-3-17-41(18-4-1)42-31-35-46(36-32-42)62-56-28-14-10-24-50(56)52-39-43(34-38-58(52)62)44-33-37-51-49-23-9-15-29-57(49)63(60(51)40-44)59-30-16-13-27-55(59)61(45-19-5-2-6-20-45)53-25-11-7-21-47(53)48-22-8-12-26-54(48)61/h1-40H. The molecule has 294 valence electrons. The molecule has 0 N–H and O–H groups in total. The van der Waals surface area contributed by atoms with Crippen molar-refractivity contribution in [1.29, 1.82) is 0 Å². The molecule has 2 heterocycles. The molecule has 0 radical (unpaired) electrons. The maximum Gasteiger partial charge on any atom is 0.0733 e. The lowest BCUT2D eigenvalue weighted by molar-refractivity contribution is 0.761. The quantitative estimate of drug-likeness (QED) is 0.159. The molecule has 1 aliphatic rings. The van der Waals surface area contributed by atoms with Crippen molar-refractivity contribution >= 4 is 43.6 Å². The Morgan fingerprint density at radius 1 is 0.270 bits per heavy atom. The molecule has 12 aromatic rings. The molecule has 10 aromatic carbocycles. The van der Waals surface area contributed by atoms with E-state index in [0.717, 1.165) is 5.69 Å². The van der Waals surface area contributed by atoms with E-state index in [2.05, 4.69) is 252 Å². The van der Waals surface area contributed by atoms with Crippen LogP contribution in [0.15, 0.2) is 243 Å². The summed E-state index contributed by atoms with van der Waals surface area (Å²) in [6.07, 6.45) is 0. The van der Waals surface area contributed by atoms with Crippen molar-refractivity contribution in [2.75, 3.05) is 0 Å². The zero-order valence-corrected chi connectivity index (χ0v) is 34.5. The van der Waals surface area contributed by atoms with Gasteiger partial charge in [-0.3, -0.25) is 0 Å². The zero-order valence-electron chi connectivity index (χ0n) is 34.5. The first kappa shape index (κ1) is 35.5. The summed E-state index contributed by atoms with van der Waals surface area (Å²) in [6, 6.07) is 89.6. The van der Waals surface area contributed by atoms with Crippen LogP contribution in [0, 0.1) is 0 Å². The van der Waals surface area contributed by atoms with E-state index in [0.29, 0.717) is 0 Å². The average molecular weight is 801 g/mol. The smallest absolute Gasteiger partial charge is 0.0733 e. The number of nitrogens with zero attached hydrogens (tertiary/aromatic N) is 2. The molecule has 0 spiro atoms. The Bertz CT molecular complexity index is 3670. The van der Waals surface area contributed by atoms with Crippen molar-refractivity contribution in [1.82, 2.24) is 9.13 Å². The molecule has 0 atom stereocenters. The molecule has 0 unspecified atom stereocenters. The molecule has 1 aliphatic carbocycles. The van der Waals surface area contributed by atoms with Crippen molar-refractivity contribution < 1.29 is 0 Å². The number of hydrogen-bond donors (Lipinski definition) is 0. The van der Waals surface area contributed by atoms with Gasteiger partial charge < -0.3 is 9.13 Å². The van der Waals surface area contributed by atoms with Crippen LogP contribution in [0.25, 0.3) is 88.4 Å². The second-order valence-corrected chi connectivity index (χ2v) is 16.8. The molecule has 2 aromatic heterocycles. The van der Waals surface area contributed by atoms with E-state index in [-0.39, 0.29) is 0 Å². The fourth-order valence-corrected chi connectivity index (χ4v) is 10.9. The van der Waals surface area contributed by atoms with Gasteiger partial charge in [-0.25, -0.2) is 0 Å². The molecular weight excluding hydrogens is 761 g/mol. The summed E-state index contributed by atoms with van der Waals surface area (Å²) in [7, 11) is 0. The highest BCUT2D eigenvalue weighted by molar-refractivity contribution is 6.12. The predicted octanol–water partition coefficient (Wildman–Crippen LogP) is 15.6. The van der Waals surface area contributed by atoms with Crippen LogP contribution < -0.4 is 0 Å². The van der Waals surface area contributed by atoms with Crippen LogP contribution in [0.5, 0.6) is 0 Å². The van der Waals surface area contributed by atoms with Gasteiger partial charge in [-0.05, 0) is 104 Å². The third kappa shape index (κ3) is 5.19. The SMILES string of the molecule is c1ccc(-c2ccc(-n3c4ccccc4c4cc(-c5ccc6c7ccccc7n(-c7ccccc7C7(c8ccccc8)c8ccccc8-c8ccccc87)c6c5)ccc43)cc2)cc1. The van der Waals surface area contributed by atoms with Gasteiger partial charge in [-0.2, -0.15) is 0 Å². The molecule has 0 saturated carbocycles. The summed E-state index contributed by atoms with van der Waals surface area (Å²) >= 11 is 0. The van der Waals surface area contributed by atoms with Gasteiger partial charge in [-0.15, -0.1) is 0 Å². The molecular formula is C61H40N2. The second kappa shape index (κ2) is 13.9. The van der Waals surface area contributed by atoms with Crippen LogP contribution in [-0.2, 0) is 5.41 Å². The lowest BCUT2D eigenvalue weighted by Gasteiger charge is -2.35. The van der Waals surface area contributed by atoms with E-state index < -0.39 is 5.41 Å². The Balaban J connectivity index is 1.02. The summed E-state index contributed by atoms with van der Waals surface area (Å²) in [5.41, 5.74) is 19.1. The molecule has 63 heavy (non-hydrogen) atoms. The van der Waals surface area contributed by atoms with Gasteiger partial charge >= 0.3 is 0 Å². The van der Waals surface area contributed by atoms with Crippen LogP contribution in [0.2, 0.25) is 0 Å². The lowest BCUT2D eigenvalue weighted by Crippen LogP contribution is -2.30. The molecule has 13 rings (SSSR count). The number of aromatic nitrogens is 2. The second-order valence-electron chi connectivity index (χ2n) is 16.8. The van der Waals surface area contributed by atoms with Gasteiger partial charge in [0.05, 0.1) is 33.2 Å². The third-order valence-electron chi connectivity index (χ3n) is 13.6. The molecule has 2 nitrogen and oxygen atoms in total. The van der Waals surface area contributed by atoms with Crippen LogP contribution in [0.3, 0.4) is 0 Å². The highest BCUT2D eigenvalue weighted by Gasteiger charge is 2.47. The van der Waals surface area contributed by atoms with Gasteiger partial charge in [0, 0.05) is 27.2 Å². The van der Waals surface area contributed by atoms with Crippen molar-refractivity contribution in [2.24, 2.45) is 0 Å². The minimum atomic E-state index is -0.540. The summed E-state index contributed by atoms with van der Waals surface area (Å²) in [5, 5.41) is 4.96. The zero-order chi connectivity index (χ0) is 41.5. The van der Waals surface area contributed by atoms with Crippen molar-refractivity contribution in [2.45, 2.75) is 5.41 Å². The summed E-state index contributed by atoms with van der Waals surface area (Å²) in [6.45, 7) is 0. The monoisotopic (exact) mass is 800 g/mol. The fraction of sp³-hybridized carbons (Fsp3) is 0.0164. The maximum atomic E-state index is 2.53. The topological polar surface area (TPSA) is 9.86 Å². The summed E-state index contributed by atoms with van der Waals surface area (Å²) in [4.78, 5) is 0. The van der Waals surface area contributed by atoms with E-state index in [1.54, 1.807) is 0 Å². The van der Waals surface area contributed by atoms with Crippen LogP contribution >= 0.6 is 0 Å². The van der Waals surface area contributed by atoms with E-state index in [9.17, 15) is 0 Å². The van der Waals surface area contributed by atoms with E-state index in [1.807, 2.05) is 0 Å². The lowest BCUT2D eigenvalue weighted by atomic mass is 9.67. The van der Waals surface area contributed by atoms with Gasteiger partial charge in [0.15, 0.2) is 0 Å². The van der Waals surface area contributed by atoms with E-state index >= 15 is 0 Å². The Hall–Kier alpha value is -8.20. The highest BCUT2D eigenvalue weighted by atomic mass is 15.0. The van der Waals surface area contributed by atoms with Gasteiger partial charge in [0.2, 0.25) is 0 Å². The van der Waals surface area contributed by atoms with Gasteiger partial charge in [-0.1, -0.05) is 194 Å². The Kier molecular flexibility index (Phi) is 7.85. The third-order valence-corrected chi connectivity index (χ3v) is 13.6. The molecule has 0 aliphatic heterocycles. The Morgan fingerprint density at radius 3 is 1.46 bits per heavy atom. The molecule has 2 heteroatoms. The first-order valence-electron chi connectivity index (χ1n) is 21.8. The number of rotatable bonds is 6. The highest BCUT2D eigenvalue weighted by Crippen LogP contribution is 2.57. The summed E-state index contributed by atoms with van der Waals surface area (Å²) < 4.78 is 4.93. The van der Waals surface area contributed by atoms with Crippen LogP contribution in [0.1, 0.15) is 22.3 Å². The van der Waals surface area contributed by atoms with Crippen molar-refractivity contribution in [3.05, 3.63) is 265 Å². The number of hydrogen-bond acceptors (Lipinski definition) is 0. The Morgan fingerprint density at radius 2 is 0.746 bits per heavy atom. The average Bonchev–Trinajstić information content (AvgIpc) is 3.98. The largest absolute Gasteiger partial charge is 0.309 e. The number of para-hydroxylation sites is 3. The first-order valence-corrected chi connectivity index (χ1v) is 21.8. The van der Waals surface area contributed by atoms with Gasteiger partial charge in [0.25, 0.3) is 0 Å². The van der Waals surface area contributed by atoms with Crippen LogP contribution in [0.4, 0.5) is 0 Å². The first-order chi connectivity index (χ1) is 31.3. The van der Waals surface area contributed by atoms with Gasteiger partial charge in [0.1, 0.15) is 0 Å². The normalized spacial score (nSPS) is 12.9. The van der Waals surface area contributed by atoms with E-state index in [1.165, 1.54) is 105 Å². The van der Waals surface area contributed by atoms with E-state index in [4.69, 9.17) is 0 Å². The molecule has 0 saturated heterocycles. The minimum absolute atomic E-state index is 0.540. The predicted molar refractivity (Wildman–Crippen MR) is 263 cm³/mol. The Labute approximate surface area is 366 Å². The fourth-order valence-electron chi connectivity index (χ4n) is 10.9. The number of fused-ring (bicyclic) bond motifs is 9. The summed E-state index contributed by atoms with van der Waals surface area (Å²) in [5.74, 6) is 0. The maximum absolute atomic E-state index is 2.53. The number of benzene rings is 10. The molecule has 0 bridgehead atoms. The molecule has 0 fully saturated rings. The van der Waals surface area contributed by atoms with Crippen LogP contribution in [-0.4, -0.2) is 9.13 Å².